The third-order valence-electron chi connectivity index (χ3n) is 12.2. The molecule has 8 rings (SSSR count). The minimum absolute atomic E-state index is 0.0542. The molecule has 0 bridgehead atoms. The minimum Gasteiger partial charge on any atom is -0.496 e. The molecule has 0 radical (unpaired) electrons. The summed E-state index contributed by atoms with van der Waals surface area (Å²) in [4.78, 5) is 86.3. The minimum atomic E-state index is -1.36. The summed E-state index contributed by atoms with van der Waals surface area (Å²) in [6.07, 6.45) is -1.42. The van der Waals surface area contributed by atoms with Gasteiger partial charge in [0.2, 0.25) is 5.91 Å². The van der Waals surface area contributed by atoms with Crippen molar-refractivity contribution in [2.24, 2.45) is 0 Å². The SMILES string of the molecule is COc1ccc2c(C(=O)O)cccc2c1CN1C(=O)C(NC(=O)C(C)N(C)C(=O)OC(C)(C)C)CN(C(=O)c2ccc(NC(=O)OCC3c4ccccc4-c4ccccc43)cc2)c2ccccc21. The van der Waals surface area contributed by atoms with E-state index in [-0.39, 0.29) is 36.7 Å². The van der Waals surface area contributed by atoms with E-state index in [1.807, 2.05) is 36.4 Å². The first-order valence-corrected chi connectivity index (χ1v) is 22.1. The van der Waals surface area contributed by atoms with E-state index in [4.69, 9.17) is 14.2 Å². The van der Waals surface area contributed by atoms with Crippen molar-refractivity contribution >= 4 is 63.7 Å². The molecule has 2 atom stereocenters. The maximum atomic E-state index is 15.1. The molecule has 0 fully saturated rings. The van der Waals surface area contributed by atoms with Crippen molar-refractivity contribution in [1.29, 1.82) is 0 Å². The number of anilines is 3. The molecule has 0 saturated heterocycles. The fourth-order valence-electron chi connectivity index (χ4n) is 8.71. The van der Waals surface area contributed by atoms with Gasteiger partial charge >= 0.3 is 18.2 Å². The van der Waals surface area contributed by atoms with Crippen LogP contribution in [0.4, 0.5) is 26.7 Å². The van der Waals surface area contributed by atoms with Gasteiger partial charge in [-0.25, -0.2) is 14.4 Å². The number of fused-ring (bicyclic) bond motifs is 5. The van der Waals surface area contributed by atoms with Gasteiger partial charge in [0.15, 0.2) is 0 Å². The lowest BCUT2D eigenvalue weighted by molar-refractivity contribution is -0.130. The van der Waals surface area contributed by atoms with Crippen LogP contribution >= 0.6 is 0 Å². The van der Waals surface area contributed by atoms with Gasteiger partial charge in [0, 0.05) is 29.8 Å². The summed E-state index contributed by atoms with van der Waals surface area (Å²) in [5.74, 6) is -2.69. The van der Waals surface area contributed by atoms with Crippen LogP contribution in [-0.4, -0.2) is 90.9 Å². The molecular weight excluding hydrogens is 867 g/mol. The number of carbonyl (C=O) groups is 6. The van der Waals surface area contributed by atoms with E-state index in [1.165, 1.54) is 36.9 Å². The molecule has 0 aromatic heterocycles. The first kappa shape index (κ1) is 46.3. The quantitative estimate of drug-likeness (QED) is 0.113. The lowest BCUT2D eigenvalue weighted by Crippen LogP contribution is -2.57. The van der Waals surface area contributed by atoms with E-state index >= 15 is 4.79 Å². The second-order valence-electron chi connectivity index (χ2n) is 17.6. The van der Waals surface area contributed by atoms with E-state index in [9.17, 15) is 29.1 Å². The smallest absolute Gasteiger partial charge is 0.411 e. The van der Waals surface area contributed by atoms with Gasteiger partial charge in [-0.1, -0.05) is 72.8 Å². The average Bonchev–Trinajstić information content (AvgIpc) is 3.59. The summed E-state index contributed by atoms with van der Waals surface area (Å²) < 4.78 is 17.0. The Balaban J connectivity index is 1.08. The molecule has 15 heteroatoms. The Hall–Kier alpha value is -8.20. The van der Waals surface area contributed by atoms with Crippen LogP contribution in [0.3, 0.4) is 0 Å². The molecule has 2 unspecified atom stereocenters. The second kappa shape index (κ2) is 19.0. The van der Waals surface area contributed by atoms with Gasteiger partial charge < -0.3 is 34.4 Å². The second-order valence-corrected chi connectivity index (χ2v) is 17.6. The highest BCUT2D eigenvalue weighted by Crippen LogP contribution is 2.45. The molecule has 348 valence electrons. The lowest BCUT2D eigenvalue weighted by Gasteiger charge is -2.30. The van der Waals surface area contributed by atoms with Crippen molar-refractivity contribution in [3.8, 4) is 16.9 Å². The molecule has 1 aliphatic heterocycles. The normalized spacial score (nSPS) is 14.7. The predicted molar refractivity (Wildman–Crippen MR) is 257 cm³/mol. The number of methoxy groups -OCH3 is 1. The van der Waals surface area contributed by atoms with Gasteiger partial charge in [-0.2, -0.15) is 0 Å². The monoisotopic (exact) mass is 917 g/mol. The Morgan fingerprint density at radius 1 is 0.794 bits per heavy atom. The van der Waals surface area contributed by atoms with E-state index in [0.29, 0.717) is 39.1 Å². The maximum absolute atomic E-state index is 15.1. The van der Waals surface area contributed by atoms with Crippen molar-refractivity contribution in [2.45, 2.75) is 57.8 Å². The molecule has 68 heavy (non-hydrogen) atoms. The van der Waals surface area contributed by atoms with Crippen molar-refractivity contribution in [3.63, 3.8) is 0 Å². The van der Waals surface area contributed by atoms with Crippen LogP contribution in [0.1, 0.15) is 71.0 Å². The van der Waals surface area contributed by atoms with Gasteiger partial charge in [-0.05, 0) is 115 Å². The third-order valence-corrected chi connectivity index (χ3v) is 12.2. The number of amides is 5. The van der Waals surface area contributed by atoms with E-state index in [0.717, 1.165) is 27.2 Å². The number of rotatable bonds is 11. The Morgan fingerprint density at radius 3 is 2.06 bits per heavy atom. The fourth-order valence-corrected chi connectivity index (χ4v) is 8.71. The van der Waals surface area contributed by atoms with E-state index < -0.39 is 53.6 Å². The number of aromatic carboxylic acids is 1. The zero-order chi connectivity index (χ0) is 48.4. The number of ether oxygens (including phenoxy) is 3. The first-order valence-electron chi connectivity index (χ1n) is 22.1. The highest BCUT2D eigenvalue weighted by Gasteiger charge is 2.39. The summed E-state index contributed by atoms with van der Waals surface area (Å²) in [5, 5.41) is 16.5. The number of carbonyl (C=O) groups excluding carboxylic acids is 5. The van der Waals surface area contributed by atoms with Gasteiger partial charge in [0.05, 0.1) is 37.1 Å². The number of hydrogen-bond donors (Lipinski definition) is 3. The largest absolute Gasteiger partial charge is 0.496 e. The topological polar surface area (TPSA) is 184 Å². The summed E-state index contributed by atoms with van der Waals surface area (Å²) >= 11 is 0. The van der Waals surface area contributed by atoms with Crippen LogP contribution in [0, 0.1) is 0 Å². The van der Waals surface area contributed by atoms with E-state index in [1.54, 1.807) is 93.6 Å². The molecule has 15 nitrogen and oxygen atoms in total. The molecule has 1 heterocycles. The zero-order valence-electron chi connectivity index (χ0n) is 38.4. The number of benzene rings is 6. The van der Waals surface area contributed by atoms with Crippen LogP contribution in [-0.2, 0) is 25.6 Å². The van der Waals surface area contributed by atoms with Crippen LogP contribution in [0.25, 0.3) is 21.9 Å². The highest BCUT2D eigenvalue weighted by molar-refractivity contribution is 6.13. The molecule has 6 aromatic carbocycles. The Morgan fingerprint density at radius 2 is 1.43 bits per heavy atom. The van der Waals surface area contributed by atoms with Crippen molar-refractivity contribution in [3.05, 3.63) is 155 Å². The summed E-state index contributed by atoms with van der Waals surface area (Å²) in [6.45, 7) is 6.24. The number of nitrogens with one attached hydrogen (secondary N) is 2. The van der Waals surface area contributed by atoms with Gasteiger partial charge in [0.25, 0.3) is 11.8 Å². The Kier molecular flexibility index (Phi) is 12.9. The Labute approximate surface area is 393 Å². The lowest BCUT2D eigenvalue weighted by atomic mass is 9.98. The van der Waals surface area contributed by atoms with Crippen molar-refractivity contribution in [2.75, 3.05) is 42.4 Å². The molecule has 5 amide bonds. The number of likely N-dealkylation sites (N-methyl/N-ethyl adjacent to an activating group) is 1. The van der Waals surface area contributed by atoms with Crippen molar-refractivity contribution < 1.29 is 48.1 Å². The molecule has 0 spiro atoms. The summed E-state index contributed by atoms with van der Waals surface area (Å²) in [7, 11) is 2.88. The molecule has 1 aliphatic carbocycles. The maximum Gasteiger partial charge on any atom is 0.411 e. The number of carboxylic acids is 1. The molecular formula is C53H51N5O10. The van der Waals surface area contributed by atoms with Crippen LogP contribution < -0.4 is 25.2 Å². The van der Waals surface area contributed by atoms with Gasteiger partial charge in [-0.15, -0.1) is 0 Å². The average molecular weight is 918 g/mol. The number of nitrogens with zero attached hydrogens (tertiary/aromatic N) is 3. The van der Waals surface area contributed by atoms with Crippen LogP contribution in [0.15, 0.2) is 127 Å². The number of carboxylic acid groups (broad SMARTS) is 1. The van der Waals surface area contributed by atoms with E-state index in [2.05, 4.69) is 22.8 Å². The van der Waals surface area contributed by atoms with Crippen LogP contribution in [0.5, 0.6) is 5.75 Å². The third kappa shape index (κ3) is 9.27. The van der Waals surface area contributed by atoms with Gasteiger partial charge in [0.1, 0.15) is 30.0 Å². The standard InChI is InChI=1S/C53H51N5O10/c1-31(56(5)52(65)68-53(2,3)4)47(59)55-43-29-58(45-21-12-11-20-44(45)57(49(43)61)28-41-36-18-13-19-40(50(62)63)39(36)26-27-46(41)66-6)48(60)32-22-24-33(25-23-32)54-51(64)67-30-42-37-16-9-7-14-34(37)35-15-8-10-17-38(35)42/h7-27,31,42-43H,28-30H2,1-6H3,(H,54,64)(H,55,59)(H,62,63). The zero-order valence-corrected chi connectivity index (χ0v) is 38.4. The summed E-state index contributed by atoms with van der Waals surface area (Å²) in [5.41, 5.74) is 5.32. The van der Waals surface area contributed by atoms with Gasteiger partial charge in [-0.3, -0.25) is 24.6 Å². The summed E-state index contributed by atoms with van der Waals surface area (Å²) in [6, 6.07) is 34.8. The van der Waals surface area contributed by atoms with Crippen LogP contribution in [0.2, 0.25) is 0 Å². The predicted octanol–water partition coefficient (Wildman–Crippen LogP) is 8.84. The fraction of sp³-hybridized carbons (Fsp3) is 0.245. The molecule has 0 saturated carbocycles. The first-order chi connectivity index (χ1) is 32.5. The molecule has 3 N–H and O–H groups in total. The Bertz CT molecular complexity index is 2920. The molecule has 2 aliphatic rings. The molecule has 6 aromatic rings. The number of para-hydroxylation sites is 2. The van der Waals surface area contributed by atoms with Crippen molar-refractivity contribution in [1.82, 2.24) is 10.2 Å². The number of hydrogen-bond acceptors (Lipinski definition) is 9. The highest BCUT2D eigenvalue weighted by atomic mass is 16.6.